The molecule has 0 aromatic rings. The highest BCUT2D eigenvalue weighted by atomic mass is 28.4. The lowest BCUT2D eigenvalue weighted by Crippen LogP contribution is -2.38. The predicted octanol–water partition coefficient (Wildman–Crippen LogP) is 1.89. The van der Waals surface area contributed by atoms with E-state index < -0.39 is 14.4 Å². The molecule has 0 aliphatic carbocycles. The van der Waals surface area contributed by atoms with Gasteiger partial charge in [-0.05, 0) is 31.8 Å². The van der Waals surface area contributed by atoms with Gasteiger partial charge in [-0.25, -0.2) is 0 Å². The van der Waals surface area contributed by atoms with Crippen molar-refractivity contribution in [3.8, 4) is 6.07 Å². The van der Waals surface area contributed by atoms with E-state index in [-0.39, 0.29) is 6.17 Å². The van der Waals surface area contributed by atoms with Crippen LogP contribution in [0.5, 0.6) is 0 Å². The number of nitrogens with one attached hydrogen (secondary N) is 1. The summed E-state index contributed by atoms with van der Waals surface area (Å²) in [4.78, 5) is 2.03. The largest absolute Gasteiger partial charge is 0.398 e. The van der Waals surface area contributed by atoms with Crippen molar-refractivity contribution in [3.63, 3.8) is 0 Å². The average molecular weight is 247 g/mol. The van der Waals surface area contributed by atoms with Crippen molar-refractivity contribution in [2.24, 2.45) is 0 Å². The molecule has 0 bridgehead atoms. The molecule has 0 radical (unpaired) electrons. The summed E-state index contributed by atoms with van der Waals surface area (Å²) in [6, 6.07) is 2.22. The first-order valence-electron chi connectivity index (χ1n) is 5.68. The van der Waals surface area contributed by atoms with Crippen LogP contribution < -0.4 is 5.32 Å². The number of allylic oxidation sites excluding steroid dienone is 2. The summed E-state index contributed by atoms with van der Waals surface area (Å²) in [6.07, 6.45) is 9.56. The van der Waals surface area contributed by atoms with Crippen LogP contribution >= 0.6 is 0 Å². The normalized spacial score (nSPS) is 23.8. The first kappa shape index (κ1) is 12.0. The third kappa shape index (κ3) is 2.78. The van der Waals surface area contributed by atoms with Crippen molar-refractivity contribution in [1.29, 1.82) is 5.26 Å². The Morgan fingerprint density at radius 1 is 1.47 bits per heavy atom. The Labute approximate surface area is 103 Å². The third-order valence-corrected chi connectivity index (χ3v) is 3.40. The maximum absolute atomic E-state index is 9.20. The van der Waals surface area contributed by atoms with Crippen LogP contribution in [0.4, 0.5) is 0 Å². The summed E-state index contributed by atoms with van der Waals surface area (Å²) in [5, 5.41) is 12.5. The molecule has 2 atom stereocenters. The second-order valence-corrected chi connectivity index (χ2v) is 9.55. The molecule has 0 saturated heterocycles. The quantitative estimate of drug-likeness (QED) is 0.774. The fourth-order valence-corrected chi connectivity index (χ4v) is 2.67. The van der Waals surface area contributed by atoms with Gasteiger partial charge in [0.25, 0.3) is 0 Å². The van der Waals surface area contributed by atoms with E-state index in [9.17, 15) is 5.26 Å². The van der Waals surface area contributed by atoms with Crippen LogP contribution in [-0.4, -0.2) is 25.5 Å². The summed E-state index contributed by atoms with van der Waals surface area (Å²) in [5.74, 6) is 0. The Hall–Kier alpha value is -1.51. The second kappa shape index (κ2) is 4.39. The van der Waals surface area contributed by atoms with Crippen molar-refractivity contribution in [3.05, 3.63) is 36.3 Å². The third-order valence-electron chi connectivity index (χ3n) is 2.46. The van der Waals surface area contributed by atoms with Gasteiger partial charge in [-0.2, -0.15) is 5.26 Å². The molecule has 2 rings (SSSR count). The molecule has 90 valence electrons. The molecule has 2 aliphatic rings. The van der Waals surface area contributed by atoms with E-state index in [2.05, 4.69) is 31.0 Å². The zero-order valence-electron chi connectivity index (χ0n) is 10.3. The molecule has 2 heterocycles. The molecule has 1 N–H and O–H groups in total. The van der Waals surface area contributed by atoms with Gasteiger partial charge >= 0.3 is 0 Å². The highest BCUT2D eigenvalue weighted by Crippen LogP contribution is 2.21. The Balaban J connectivity index is 2.10. The van der Waals surface area contributed by atoms with Gasteiger partial charge in [0, 0.05) is 12.4 Å². The molecule has 0 spiro atoms. The topological polar surface area (TPSA) is 48.3 Å². The van der Waals surface area contributed by atoms with Crippen LogP contribution in [0.15, 0.2) is 36.3 Å². The summed E-state index contributed by atoms with van der Waals surface area (Å²) in [7, 11) is -1.72. The van der Waals surface area contributed by atoms with Gasteiger partial charge in [0.05, 0.1) is 11.8 Å². The summed E-state index contributed by atoms with van der Waals surface area (Å²) >= 11 is 0. The fraction of sp³-hybridized carbons (Fsp3) is 0.417. The van der Waals surface area contributed by atoms with E-state index in [1.807, 2.05) is 35.5 Å². The standard InChI is InChI=1S/C12H17N3OSi/c1-17(2,3)16-11(8-13)10-9-15-7-5-4-6-12(15)14-10/h4-7,9,11-12,14H,1-3H3. The monoisotopic (exact) mass is 247 g/mol. The number of nitriles is 1. The smallest absolute Gasteiger partial charge is 0.186 e. The number of nitrogens with zero attached hydrogens (tertiary/aromatic N) is 2. The van der Waals surface area contributed by atoms with Crippen LogP contribution in [0.1, 0.15) is 0 Å². The van der Waals surface area contributed by atoms with Gasteiger partial charge in [0.15, 0.2) is 14.4 Å². The van der Waals surface area contributed by atoms with Crippen LogP contribution in [0.2, 0.25) is 19.6 Å². The van der Waals surface area contributed by atoms with E-state index in [4.69, 9.17) is 4.43 Å². The summed E-state index contributed by atoms with van der Waals surface area (Å²) in [5.41, 5.74) is 0.844. The van der Waals surface area contributed by atoms with Gasteiger partial charge in [0.2, 0.25) is 0 Å². The number of hydrogen-bond donors (Lipinski definition) is 1. The van der Waals surface area contributed by atoms with Gasteiger partial charge < -0.3 is 14.6 Å². The van der Waals surface area contributed by atoms with Crippen LogP contribution in [0.25, 0.3) is 0 Å². The number of hydrogen-bond acceptors (Lipinski definition) is 4. The van der Waals surface area contributed by atoms with Crippen LogP contribution in [0, 0.1) is 11.3 Å². The fourth-order valence-electron chi connectivity index (χ4n) is 1.78. The van der Waals surface area contributed by atoms with Crippen molar-refractivity contribution in [1.82, 2.24) is 10.2 Å². The first-order chi connectivity index (χ1) is 7.99. The molecular weight excluding hydrogens is 230 g/mol. The highest BCUT2D eigenvalue weighted by Gasteiger charge is 2.30. The molecule has 2 unspecified atom stereocenters. The lowest BCUT2D eigenvalue weighted by molar-refractivity contribution is 0.274. The molecule has 0 aromatic carbocycles. The summed E-state index contributed by atoms with van der Waals surface area (Å²) < 4.78 is 5.85. The van der Waals surface area contributed by atoms with Crippen LogP contribution in [0.3, 0.4) is 0 Å². The van der Waals surface area contributed by atoms with Gasteiger partial charge in [-0.15, -0.1) is 0 Å². The van der Waals surface area contributed by atoms with E-state index in [1.165, 1.54) is 0 Å². The molecule has 4 nitrogen and oxygen atoms in total. The van der Waals surface area contributed by atoms with Gasteiger partial charge in [-0.1, -0.05) is 6.08 Å². The van der Waals surface area contributed by atoms with Crippen molar-refractivity contribution >= 4 is 8.32 Å². The molecule has 0 fully saturated rings. The van der Waals surface area contributed by atoms with E-state index >= 15 is 0 Å². The molecule has 5 heteroatoms. The zero-order chi connectivity index (χ0) is 12.5. The molecule has 0 saturated carbocycles. The lowest BCUT2D eigenvalue weighted by Gasteiger charge is -2.23. The first-order valence-corrected chi connectivity index (χ1v) is 9.08. The minimum atomic E-state index is -1.72. The molecule has 2 aliphatic heterocycles. The predicted molar refractivity (Wildman–Crippen MR) is 69.0 cm³/mol. The number of rotatable bonds is 3. The van der Waals surface area contributed by atoms with E-state index in [1.54, 1.807) is 0 Å². The molecular formula is C12H17N3OSi. The summed E-state index contributed by atoms with van der Waals surface area (Å²) in [6.45, 7) is 6.25. The Morgan fingerprint density at radius 3 is 2.82 bits per heavy atom. The van der Waals surface area contributed by atoms with Gasteiger partial charge in [0.1, 0.15) is 6.17 Å². The molecule has 0 amide bonds. The zero-order valence-corrected chi connectivity index (χ0v) is 11.3. The number of fused-ring (bicyclic) bond motifs is 1. The molecule has 17 heavy (non-hydrogen) atoms. The highest BCUT2D eigenvalue weighted by molar-refractivity contribution is 6.69. The minimum absolute atomic E-state index is 0.121. The van der Waals surface area contributed by atoms with Crippen molar-refractivity contribution in [2.45, 2.75) is 31.9 Å². The van der Waals surface area contributed by atoms with Crippen molar-refractivity contribution in [2.75, 3.05) is 0 Å². The van der Waals surface area contributed by atoms with Gasteiger partial charge in [-0.3, -0.25) is 0 Å². The van der Waals surface area contributed by atoms with Crippen molar-refractivity contribution < 1.29 is 4.43 Å². The Kier molecular flexibility index (Phi) is 3.09. The minimum Gasteiger partial charge on any atom is -0.398 e. The maximum atomic E-state index is 9.20. The van der Waals surface area contributed by atoms with Crippen LogP contribution in [-0.2, 0) is 4.43 Å². The maximum Gasteiger partial charge on any atom is 0.186 e. The van der Waals surface area contributed by atoms with E-state index in [0.717, 1.165) is 5.70 Å². The van der Waals surface area contributed by atoms with E-state index in [0.29, 0.717) is 0 Å². The molecule has 0 aromatic heterocycles. The SMILES string of the molecule is C[Si](C)(C)OC(C#N)C1=CN2C=CC=CC2N1. The lowest BCUT2D eigenvalue weighted by atomic mass is 10.3. The average Bonchev–Trinajstić information content (AvgIpc) is 2.67. The Bertz CT molecular complexity index is 428. The Morgan fingerprint density at radius 2 is 2.24 bits per heavy atom. The second-order valence-electron chi connectivity index (χ2n) is 5.09.